The van der Waals surface area contributed by atoms with Crippen LogP contribution in [0.25, 0.3) is 0 Å². The lowest BCUT2D eigenvalue weighted by atomic mass is 9.80. The highest BCUT2D eigenvalue weighted by atomic mass is 19.1. The van der Waals surface area contributed by atoms with E-state index in [-0.39, 0.29) is 31.1 Å². The van der Waals surface area contributed by atoms with Crippen LogP contribution in [0.1, 0.15) is 85.0 Å². The summed E-state index contributed by atoms with van der Waals surface area (Å²) in [4.78, 5) is 29.8. The zero-order valence-electron chi connectivity index (χ0n) is 33.3. The number of nitrogens with zero attached hydrogens (tertiary/aromatic N) is 2. The molecule has 54 heavy (non-hydrogen) atoms. The van der Waals surface area contributed by atoms with Crippen LogP contribution in [-0.2, 0) is 28.5 Å². The molecule has 4 rings (SSSR count). The summed E-state index contributed by atoms with van der Waals surface area (Å²) >= 11 is 0. The van der Waals surface area contributed by atoms with Gasteiger partial charge in [0.2, 0.25) is 0 Å². The molecule has 3 fully saturated rings. The summed E-state index contributed by atoms with van der Waals surface area (Å²) in [5.74, 6) is -6.28. The molecule has 0 spiro atoms. The molecule has 0 aliphatic carbocycles. The Hall–Kier alpha value is -2.31. The Morgan fingerprint density at radius 3 is 2.35 bits per heavy atom. The lowest BCUT2D eigenvalue weighted by Gasteiger charge is -2.45. The number of hydrogen-bond acceptors (Lipinski definition) is 14. The minimum atomic E-state index is -2.08. The van der Waals surface area contributed by atoms with Crippen molar-refractivity contribution in [3.8, 4) is 0 Å². The number of benzene rings is 1. The van der Waals surface area contributed by atoms with Gasteiger partial charge in [0.25, 0.3) is 0 Å². The average molecular weight is 771 g/mol. The molecular weight excluding hydrogens is 707 g/mol. The molecule has 1 aromatic rings. The first kappa shape index (κ1) is 44.4. The van der Waals surface area contributed by atoms with Crippen molar-refractivity contribution >= 4 is 11.9 Å². The summed E-state index contributed by atoms with van der Waals surface area (Å²) in [6, 6.07) is 3.80. The Morgan fingerprint density at radius 1 is 1.11 bits per heavy atom. The summed E-state index contributed by atoms with van der Waals surface area (Å²) in [5.41, 5.74) is -2.84. The maximum absolute atomic E-state index is 13.7. The van der Waals surface area contributed by atoms with Crippen molar-refractivity contribution in [1.82, 2.24) is 9.80 Å². The average Bonchev–Trinajstić information content (AvgIpc) is 3.29. The summed E-state index contributed by atoms with van der Waals surface area (Å²) in [5, 5.41) is 57.5. The molecule has 3 aliphatic rings. The third-order valence-electron chi connectivity index (χ3n) is 11.9. The lowest BCUT2D eigenvalue weighted by molar-refractivity contribution is -0.287. The van der Waals surface area contributed by atoms with Crippen LogP contribution in [0.2, 0.25) is 0 Å². The standard InChI is InChI=1S/C39H63FN2O12/c1-11-30-38(8,48)32(45)25(6)41(9)18-21(2)17-37(7)33(23(4)39(49,54-37)24(5)34(46)52-30)53-36-31(44)29(16-22(3)51-36)42(10)19-28(43)20-50-35(47)26-12-14-27(40)15-13-26/h12-15,21-25,28-33,36,43-45,48-49H,11,16-20H2,1-10H3/t21-,22-,23-,24+,25-,28?,29?,30-,31?,32-,33-,36+,37?,38-,39?/m1/s1. The van der Waals surface area contributed by atoms with E-state index in [2.05, 4.69) is 0 Å². The highest BCUT2D eigenvalue weighted by molar-refractivity contribution is 5.89. The molecule has 5 unspecified atom stereocenters. The molecule has 3 aliphatic heterocycles. The van der Waals surface area contributed by atoms with E-state index in [1.54, 1.807) is 39.6 Å². The third kappa shape index (κ3) is 9.44. The van der Waals surface area contributed by atoms with E-state index in [4.69, 9.17) is 23.7 Å². The number of halogens is 1. The molecule has 0 radical (unpaired) electrons. The number of fused-ring (bicyclic) bond motifs is 2. The molecule has 0 aromatic heterocycles. The molecule has 14 nitrogen and oxygen atoms in total. The van der Waals surface area contributed by atoms with Gasteiger partial charge in [0, 0.05) is 31.1 Å². The third-order valence-corrected chi connectivity index (χ3v) is 11.9. The van der Waals surface area contributed by atoms with Gasteiger partial charge in [-0.25, -0.2) is 9.18 Å². The first-order valence-corrected chi connectivity index (χ1v) is 19.1. The number of esters is 2. The van der Waals surface area contributed by atoms with E-state index in [0.29, 0.717) is 19.4 Å². The number of rotatable bonds is 9. The lowest BCUT2D eigenvalue weighted by Crippen LogP contribution is -2.59. The highest BCUT2D eigenvalue weighted by Crippen LogP contribution is 2.50. The van der Waals surface area contributed by atoms with E-state index < -0.39 is 102 Å². The van der Waals surface area contributed by atoms with Gasteiger partial charge in [-0.3, -0.25) is 9.69 Å². The number of likely N-dealkylation sites (N-methyl/N-ethyl adjacent to an activating group) is 2. The Balaban J connectivity index is 1.55. The van der Waals surface area contributed by atoms with Crippen molar-refractivity contribution in [2.45, 2.75) is 147 Å². The van der Waals surface area contributed by atoms with Gasteiger partial charge >= 0.3 is 11.9 Å². The summed E-state index contributed by atoms with van der Waals surface area (Å²) in [7, 11) is 3.55. The van der Waals surface area contributed by atoms with Gasteiger partial charge in [0.15, 0.2) is 12.1 Å². The highest BCUT2D eigenvalue weighted by Gasteiger charge is 2.64. The number of aliphatic hydroxyl groups is 5. The number of aliphatic hydroxyl groups excluding tert-OH is 3. The number of carbonyl (C=O) groups excluding carboxylic acids is 2. The van der Waals surface area contributed by atoms with Crippen LogP contribution in [0.15, 0.2) is 24.3 Å². The maximum Gasteiger partial charge on any atom is 0.338 e. The molecule has 308 valence electrons. The Kier molecular flexibility index (Phi) is 14.3. The quantitative estimate of drug-likeness (QED) is 0.230. The van der Waals surface area contributed by atoms with E-state index in [9.17, 15) is 39.5 Å². The van der Waals surface area contributed by atoms with Crippen LogP contribution in [0.5, 0.6) is 0 Å². The minimum Gasteiger partial charge on any atom is -0.459 e. The Bertz CT molecular complexity index is 1420. The SMILES string of the molecule is CC[C@H]1OC(=O)[C@H](C)C2(O)OC(C)(C[C@@H](C)CN(C)[C@H](C)[C@@H](O)[C@]1(C)O)[C@H](O[C@@H]1O[C@H](C)CC(N(C)CC(O)COC(=O)c3ccc(F)cc3)C1O)[C@H]2C. The van der Waals surface area contributed by atoms with Crippen molar-refractivity contribution in [3.05, 3.63) is 35.6 Å². The molecule has 15 heteroatoms. The van der Waals surface area contributed by atoms with Gasteiger partial charge in [-0.2, -0.15) is 0 Å². The number of hydrogen-bond donors (Lipinski definition) is 5. The maximum atomic E-state index is 13.7. The predicted molar refractivity (Wildman–Crippen MR) is 194 cm³/mol. The van der Waals surface area contributed by atoms with Gasteiger partial charge in [-0.05, 0) is 98.2 Å². The smallest absolute Gasteiger partial charge is 0.338 e. The molecular formula is C39H63FN2O12. The number of ether oxygens (including phenoxy) is 5. The van der Waals surface area contributed by atoms with Gasteiger partial charge in [-0.1, -0.05) is 20.8 Å². The molecule has 3 saturated heterocycles. The molecule has 1 aromatic carbocycles. The number of carbonyl (C=O) groups is 2. The predicted octanol–water partition coefficient (Wildman–Crippen LogP) is 2.07. The van der Waals surface area contributed by atoms with Crippen molar-refractivity contribution in [3.63, 3.8) is 0 Å². The van der Waals surface area contributed by atoms with Gasteiger partial charge < -0.3 is 54.1 Å². The zero-order valence-corrected chi connectivity index (χ0v) is 33.3. The second kappa shape index (κ2) is 17.5. The van der Waals surface area contributed by atoms with Crippen molar-refractivity contribution < 1.29 is 63.2 Å². The largest absolute Gasteiger partial charge is 0.459 e. The molecule has 0 amide bonds. The minimum absolute atomic E-state index is 0.0295. The van der Waals surface area contributed by atoms with Gasteiger partial charge in [-0.15, -0.1) is 0 Å². The van der Waals surface area contributed by atoms with Crippen LogP contribution in [0, 0.1) is 23.6 Å². The van der Waals surface area contributed by atoms with Gasteiger partial charge in [0.05, 0.1) is 23.4 Å². The van der Waals surface area contributed by atoms with Crippen molar-refractivity contribution in [2.24, 2.45) is 17.8 Å². The monoisotopic (exact) mass is 770 g/mol. The first-order valence-electron chi connectivity index (χ1n) is 19.1. The van der Waals surface area contributed by atoms with Crippen LogP contribution in [0.3, 0.4) is 0 Å². The first-order chi connectivity index (χ1) is 25.0. The summed E-state index contributed by atoms with van der Waals surface area (Å²) < 4.78 is 43.6. The fourth-order valence-corrected chi connectivity index (χ4v) is 8.62. The van der Waals surface area contributed by atoms with Crippen LogP contribution in [-0.4, -0.2) is 153 Å². The van der Waals surface area contributed by atoms with Crippen LogP contribution >= 0.6 is 0 Å². The van der Waals surface area contributed by atoms with E-state index in [1.165, 1.54) is 26.0 Å². The fourth-order valence-electron chi connectivity index (χ4n) is 8.62. The van der Waals surface area contributed by atoms with E-state index >= 15 is 0 Å². The van der Waals surface area contributed by atoms with E-state index in [0.717, 1.165) is 12.1 Å². The molecule has 5 N–H and O–H groups in total. The Morgan fingerprint density at radius 2 is 1.74 bits per heavy atom. The topological polar surface area (TPSA) is 188 Å². The second-order valence-corrected chi connectivity index (χ2v) is 16.5. The molecule has 2 bridgehead atoms. The van der Waals surface area contributed by atoms with Crippen LogP contribution < -0.4 is 0 Å². The van der Waals surface area contributed by atoms with Crippen LogP contribution in [0.4, 0.5) is 4.39 Å². The van der Waals surface area contributed by atoms with Crippen molar-refractivity contribution in [2.75, 3.05) is 33.8 Å². The summed E-state index contributed by atoms with van der Waals surface area (Å²) in [6.45, 7) is 14.0. The fraction of sp³-hybridized carbons (Fsp3) is 0.795. The normalized spacial score (nSPS) is 41.9. The molecule has 15 atom stereocenters. The Labute approximate surface area is 318 Å². The van der Waals surface area contributed by atoms with Gasteiger partial charge in [0.1, 0.15) is 48.4 Å². The van der Waals surface area contributed by atoms with E-state index in [1.807, 2.05) is 25.8 Å². The second-order valence-electron chi connectivity index (χ2n) is 16.5. The summed E-state index contributed by atoms with van der Waals surface area (Å²) in [6.07, 6.45) is -6.22. The van der Waals surface area contributed by atoms with Crippen molar-refractivity contribution in [1.29, 1.82) is 0 Å². The molecule has 3 heterocycles. The zero-order chi connectivity index (χ0) is 40.5. The number of cyclic esters (lactones) is 1. The molecule has 0 saturated carbocycles.